The van der Waals surface area contributed by atoms with E-state index in [1.165, 1.54) is 28.9 Å². The number of hydrogen-bond acceptors (Lipinski definition) is 5. The molecular formula is C21H22FN5O3. The van der Waals surface area contributed by atoms with Crippen LogP contribution in [0.2, 0.25) is 0 Å². The molecule has 1 N–H and O–H groups in total. The molecule has 0 fully saturated rings. The van der Waals surface area contributed by atoms with Crippen molar-refractivity contribution < 1.29 is 14.1 Å². The third kappa shape index (κ3) is 4.87. The van der Waals surface area contributed by atoms with E-state index >= 15 is 0 Å². The lowest BCUT2D eigenvalue weighted by Crippen LogP contribution is -2.32. The maximum Gasteiger partial charge on any atom is 0.269 e. The Balaban J connectivity index is 1.70. The van der Waals surface area contributed by atoms with Gasteiger partial charge in [0.2, 0.25) is 5.91 Å². The van der Waals surface area contributed by atoms with Crippen LogP contribution in [0, 0.1) is 22.9 Å². The number of nitrogens with zero attached hydrogens (tertiary/aromatic N) is 4. The summed E-state index contributed by atoms with van der Waals surface area (Å²) in [6.45, 7) is 3.74. The molecule has 0 aliphatic heterocycles. The van der Waals surface area contributed by atoms with E-state index in [4.69, 9.17) is 0 Å². The molecule has 0 radical (unpaired) electrons. The fourth-order valence-electron chi connectivity index (χ4n) is 3.07. The molecule has 1 heterocycles. The highest BCUT2D eigenvalue weighted by molar-refractivity contribution is 5.91. The van der Waals surface area contributed by atoms with Crippen LogP contribution in [0.5, 0.6) is 0 Å². The Labute approximate surface area is 173 Å². The molecule has 1 unspecified atom stereocenters. The Morgan fingerprint density at radius 3 is 2.63 bits per heavy atom. The van der Waals surface area contributed by atoms with Crippen LogP contribution in [0.3, 0.4) is 0 Å². The molecule has 8 nitrogen and oxygen atoms in total. The van der Waals surface area contributed by atoms with Crippen molar-refractivity contribution in [1.29, 1.82) is 0 Å². The SMILES string of the molecule is Cc1cc(NC(=O)CN(C)C(C)c2cccc([N+](=O)[O-])c2)n(-c2ccc(F)cc2)n1. The van der Waals surface area contributed by atoms with Crippen LogP contribution < -0.4 is 5.32 Å². The fourth-order valence-corrected chi connectivity index (χ4v) is 3.07. The van der Waals surface area contributed by atoms with Gasteiger partial charge in [-0.1, -0.05) is 12.1 Å². The summed E-state index contributed by atoms with van der Waals surface area (Å²) in [7, 11) is 1.77. The monoisotopic (exact) mass is 411 g/mol. The van der Waals surface area contributed by atoms with Gasteiger partial charge in [-0.05, 0) is 50.7 Å². The van der Waals surface area contributed by atoms with Crippen LogP contribution in [0.15, 0.2) is 54.6 Å². The lowest BCUT2D eigenvalue weighted by molar-refractivity contribution is -0.384. The van der Waals surface area contributed by atoms with E-state index in [0.29, 0.717) is 17.2 Å². The molecule has 9 heteroatoms. The summed E-state index contributed by atoms with van der Waals surface area (Å²) < 4.78 is 14.7. The van der Waals surface area contributed by atoms with Crippen molar-refractivity contribution in [3.05, 3.63) is 81.8 Å². The van der Waals surface area contributed by atoms with Gasteiger partial charge in [-0.2, -0.15) is 5.10 Å². The molecule has 2 aromatic carbocycles. The number of carbonyl (C=O) groups excluding carboxylic acids is 1. The molecule has 0 aliphatic carbocycles. The lowest BCUT2D eigenvalue weighted by atomic mass is 10.1. The van der Waals surface area contributed by atoms with Gasteiger partial charge >= 0.3 is 0 Å². The molecule has 1 amide bonds. The van der Waals surface area contributed by atoms with Gasteiger partial charge in [0.05, 0.1) is 22.8 Å². The fraction of sp³-hybridized carbons (Fsp3) is 0.238. The van der Waals surface area contributed by atoms with Crippen molar-refractivity contribution in [3.8, 4) is 5.69 Å². The van der Waals surface area contributed by atoms with Gasteiger partial charge in [-0.25, -0.2) is 9.07 Å². The maximum absolute atomic E-state index is 13.2. The number of amides is 1. The maximum atomic E-state index is 13.2. The summed E-state index contributed by atoms with van der Waals surface area (Å²) in [6, 6.07) is 13.7. The smallest absolute Gasteiger partial charge is 0.269 e. The number of aryl methyl sites for hydroxylation is 1. The van der Waals surface area contributed by atoms with Crippen LogP contribution in [0.25, 0.3) is 5.69 Å². The van der Waals surface area contributed by atoms with Gasteiger partial charge in [0.25, 0.3) is 5.69 Å². The van der Waals surface area contributed by atoms with E-state index in [-0.39, 0.29) is 30.0 Å². The normalized spacial score (nSPS) is 12.0. The third-order valence-corrected chi connectivity index (χ3v) is 4.79. The lowest BCUT2D eigenvalue weighted by Gasteiger charge is -2.24. The Morgan fingerprint density at radius 1 is 1.27 bits per heavy atom. The minimum absolute atomic E-state index is 0.0101. The van der Waals surface area contributed by atoms with Crippen LogP contribution in [0.4, 0.5) is 15.9 Å². The van der Waals surface area contributed by atoms with Gasteiger partial charge in [0, 0.05) is 24.2 Å². The molecule has 3 aromatic rings. The predicted molar refractivity (Wildman–Crippen MR) is 111 cm³/mol. The van der Waals surface area contributed by atoms with Crippen molar-refractivity contribution in [3.63, 3.8) is 0 Å². The van der Waals surface area contributed by atoms with Crippen molar-refractivity contribution in [2.45, 2.75) is 19.9 Å². The summed E-state index contributed by atoms with van der Waals surface area (Å²) in [4.78, 5) is 25.0. The van der Waals surface area contributed by atoms with Gasteiger partial charge in [-0.3, -0.25) is 19.8 Å². The first kappa shape index (κ1) is 21.1. The van der Waals surface area contributed by atoms with Gasteiger partial charge in [0.15, 0.2) is 0 Å². The van der Waals surface area contributed by atoms with E-state index < -0.39 is 4.92 Å². The number of anilines is 1. The van der Waals surface area contributed by atoms with Crippen molar-refractivity contribution in [2.24, 2.45) is 0 Å². The highest BCUT2D eigenvalue weighted by Crippen LogP contribution is 2.23. The van der Waals surface area contributed by atoms with Gasteiger partial charge < -0.3 is 5.32 Å². The van der Waals surface area contributed by atoms with E-state index in [9.17, 15) is 19.3 Å². The summed E-state index contributed by atoms with van der Waals surface area (Å²) in [5, 5.41) is 18.2. The molecule has 30 heavy (non-hydrogen) atoms. The number of rotatable bonds is 7. The number of likely N-dealkylation sites (N-methyl/N-ethyl adjacent to an activating group) is 1. The zero-order valence-electron chi connectivity index (χ0n) is 16.9. The number of carbonyl (C=O) groups is 1. The second kappa shape index (κ2) is 8.83. The van der Waals surface area contributed by atoms with Crippen LogP contribution >= 0.6 is 0 Å². The second-order valence-electron chi connectivity index (χ2n) is 7.05. The molecular weight excluding hydrogens is 389 g/mol. The third-order valence-electron chi connectivity index (χ3n) is 4.79. The highest BCUT2D eigenvalue weighted by Gasteiger charge is 2.18. The zero-order valence-corrected chi connectivity index (χ0v) is 16.9. The minimum Gasteiger partial charge on any atom is -0.309 e. The first-order valence-corrected chi connectivity index (χ1v) is 9.31. The van der Waals surface area contributed by atoms with E-state index in [1.54, 1.807) is 49.2 Å². The molecule has 0 aliphatic rings. The molecule has 1 atom stereocenters. The summed E-state index contributed by atoms with van der Waals surface area (Å²) in [6.07, 6.45) is 0. The van der Waals surface area contributed by atoms with E-state index in [2.05, 4.69) is 10.4 Å². The molecule has 0 saturated heterocycles. The molecule has 156 valence electrons. The minimum atomic E-state index is -0.443. The van der Waals surface area contributed by atoms with E-state index in [0.717, 1.165) is 5.56 Å². The molecule has 3 rings (SSSR count). The van der Waals surface area contributed by atoms with Crippen molar-refractivity contribution in [2.75, 3.05) is 18.9 Å². The van der Waals surface area contributed by atoms with Crippen LogP contribution in [0.1, 0.15) is 24.2 Å². The molecule has 1 aromatic heterocycles. The number of nitrogens with one attached hydrogen (secondary N) is 1. The van der Waals surface area contributed by atoms with Gasteiger partial charge in [0.1, 0.15) is 11.6 Å². The average molecular weight is 411 g/mol. The predicted octanol–water partition coefficient (Wildman–Crippen LogP) is 3.86. The van der Waals surface area contributed by atoms with E-state index in [1.807, 2.05) is 6.92 Å². The topological polar surface area (TPSA) is 93.3 Å². The van der Waals surface area contributed by atoms with Gasteiger partial charge in [-0.15, -0.1) is 0 Å². The molecule has 0 bridgehead atoms. The Bertz CT molecular complexity index is 1060. The largest absolute Gasteiger partial charge is 0.309 e. The Kier molecular flexibility index (Phi) is 6.22. The second-order valence-corrected chi connectivity index (χ2v) is 7.05. The van der Waals surface area contributed by atoms with Crippen LogP contribution in [-0.4, -0.2) is 39.1 Å². The first-order valence-electron chi connectivity index (χ1n) is 9.31. The van der Waals surface area contributed by atoms with Crippen molar-refractivity contribution in [1.82, 2.24) is 14.7 Å². The van der Waals surface area contributed by atoms with Crippen molar-refractivity contribution >= 4 is 17.4 Å². The van der Waals surface area contributed by atoms with Crippen LogP contribution in [-0.2, 0) is 4.79 Å². The number of benzene rings is 2. The quantitative estimate of drug-likeness (QED) is 0.471. The summed E-state index contributed by atoms with van der Waals surface area (Å²) >= 11 is 0. The Morgan fingerprint density at radius 2 is 1.97 bits per heavy atom. The first-order chi connectivity index (χ1) is 14.2. The number of nitro groups is 1. The molecule has 0 saturated carbocycles. The number of nitro benzene ring substituents is 1. The summed E-state index contributed by atoms with van der Waals surface area (Å²) in [5.41, 5.74) is 2.08. The highest BCUT2D eigenvalue weighted by atomic mass is 19.1. The number of halogens is 1. The standard InChI is InChI=1S/C21H22FN5O3/c1-14-11-20(26(24-14)18-9-7-17(22)8-10-18)23-21(28)13-25(3)15(2)16-5-4-6-19(12-16)27(29)30/h4-12,15H,13H2,1-3H3,(H,23,28). The number of non-ortho nitro benzene ring substituents is 1. The zero-order chi connectivity index (χ0) is 21.8. The number of hydrogen-bond donors (Lipinski definition) is 1. The molecule has 0 spiro atoms. The number of aromatic nitrogens is 2. The Hall–Kier alpha value is -3.59. The average Bonchev–Trinajstić information content (AvgIpc) is 3.07. The summed E-state index contributed by atoms with van der Waals surface area (Å²) in [5.74, 6) is -0.150.